The number of nitrogens with zero attached hydrogens (tertiary/aromatic N) is 7. The van der Waals surface area contributed by atoms with E-state index in [4.69, 9.17) is 30.0 Å². The summed E-state index contributed by atoms with van der Waals surface area (Å²) < 4.78 is 0. The van der Waals surface area contributed by atoms with Crippen LogP contribution in [0.2, 0.25) is 0 Å². The first kappa shape index (κ1) is 36.2. The van der Waals surface area contributed by atoms with Crippen LogP contribution in [-0.4, -0.2) is 40.3 Å². The van der Waals surface area contributed by atoms with E-state index in [9.17, 15) is 0 Å². The van der Waals surface area contributed by atoms with Crippen molar-refractivity contribution in [3.63, 3.8) is 0 Å². The fourth-order valence-electron chi connectivity index (χ4n) is 10.6. The molecule has 0 unspecified atom stereocenters. The third kappa shape index (κ3) is 5.46. The van der Waals surface area contributed by atoms with Gasteiger partial charge in [0.1, 0.15) is 0 Å². The van der Waals surface area contributed by atoms with E-state index in [1.807, 2.05) is 0 Å². The van der Waals surface area contributed by atoms with Crippen molar-refractivity contribution in [1.29, 1.82) is 0 Å². The lowest BCUT2D eigenvalue weighted by Gasteiger charge is -2.31. The van der Waals surface area contributed by atoms with Crippen molar-refractivity contribution in [2.75, 3.05) is 0 Å². The average Bonchev–Trinajstić information content (AvgIpc) is 3.38. The number of fused-ring (bicyclic) bond motifs is 12. The molecule has 0 amide bonds. The Morgan fingerprint density at radius 2 is 0.463 bits per heavy atom. The second-order valence-electron chi connectivity index (χ2n) is 17.5. The lowest BCUT2D eigenvalue weighted by atomic mass is 9.94. The molecule has 3 aliphatic rings. The van der Waals surface area contributed by atoms with Crippen molar-refractivity contribution in [3.05, 3.63) is 217 Å². The van der Waals surface area contributed by atoms with Crippen LogP contribution >= 0.6 is 0 Å². The Labute approximate surface area is 382 Å². The molecule has 0 spiro atoms. The summed E-state index contributed by atoms with van der Waals surface area (Å²) in [5.41, 5.74) is 2.68. The molecule has 7 nitrogen and oxygen atoms in total. The maximum Gasteiger partial charge on any atom is 0.243 e. The highest BCUT2D eigenvalue weighted by Gasteiger charge is 2.37. The molecule has 0 radical (unpaired) electrons. The summed E-state index contributed by atoms with van der Waals surface area (Å²) >= 11 is 0. The van der Waals surface area contributed by atoms with Crippen molar-refractivity contribution in [3.8, 4) is 0 Å². The first-order chi connectivity index (χ1) is 33.1. The standard InChI is InChI=1S/C60H33N7/c1-4-16-37-28-49-40(25-34(37)13-1)31-52(46-22-10-7-19-43(46)49)55-61-58-63-56(53-32-41-26-35-14-2-5-17-38(35)29-50(41)44-20-8-11-23-47(44)53)65-60-66-57(64-59(62-55)67(58)60)54-33-42-27-36-15-3-6-18-39(36)30-51(42)45-21-9-12-24-48(45)54/h1-33H. The van der Waals surface area contributed by atoms with Crippen LogP contribution in [0.3, 0.4) is 0 Å². The van der Waals surface area contributed by atoms with Crippen LogP contribution in [-0.2, 0) is 0 Å². The summed E-state index contributed by atoms with van der Waals surface area (Å²) in [5, 5.41) is 20.4. The predicted octanol–water partition coefficient (Wildman–Crippen LogP) is 14.1. The summed E-state index contributed by atoms with van der Waals surface area (Å²) in [7, 11) is 0. The fraction of sp³-hybridized carbons (Fsp3) is 0. The van der Waals surface area contributed by atoms with Crippen LogP contribution in [0.5, 0.6) is 0 Å². The maximum atomic E-state index is 5.33. The molecule has 0 aliphatic carbocycles. The Balaban J connectivity index is 1.00. The number of aliphatic imine (C=N–C) groups is 6. The second-order valence-corrected chi connectivity index (χ2v) is 17.5. The van der Waals surface area contributed by atoms with Crippen LogP contribution < -0.4 is 0 Å². The summed E-state index contributed by atoms with van der Waals surface area (Å²) in [6, 6.07) is 71.3. The fourth-order valence-corrected chi connectivity index (χ4v) is 10.6. The van der Waals surface area contributed by atoms with Crippen LogP contribution in [0.1, 0.15) is 16.7 Å². The van der Waals surface area contributed by atoms with E-state index in [2.05, 4.69) is 200 Å². The number of amidine groups is 3. The molecule has 3 aliphatic heterocycles. The van der Waals surface area contributed by atoms with Gasteiger partial charge in [0.2, 0.25) is 17.9 Å². The lowest BCUT2D eigenvalue weighted by molar-refractivity contribution is 0.828. The van der Waals surface area contributed by atoms with E-state index in [1.165, 1.54) is 48.5 Å². The molecule has 67 heavy (non-hydrogen) atoms. The van der Waals surface area contributed by atoms with Gasteiger partial charge in [-0.3, -0.25) is 0 Å². The zero-order valence-electron chi connectivity index (χ0n) is 35.7. The molecule has 0 N–H and O–H groups in total. The first-order valence-electron chi connectivity index (χ1n) is 22.5. The third-order valence-corrected chi connectivity index (χ3v) is 13.7. The van der Waals surface area contributed by atoms with E-state index in [0.29, 0.717) is 35.4 Å². The molecule has 0 fully saturated rings. The number of hydrogen-bond acceptors (Lipinski definition) is 7. The summed E-state index contributed by atoms with van der Waals surface area (Å²) in [4.78, 5) is 33.8. The van der Waals surface area contributed by atoms with Crippen LogP contribution in [0.15, 0.2) is 230 Å². The van der Waals surface area contributed by atoms with Gasteiger partial charge in [-0.25, -0.2) is 4.90 Å². The lowest BCUT2D eigenvalue weighted by Crippen LogP contribution is -2.48. The van der Waals surface area contributed by atoms with E-state index in [-0.39, 0.29) is 0 Å². The summed E-state index contributed by atoms with van der Waals surface area (Å²) in [5.74, 6) is 2.79. The van der Waals surface area contributed by atoms with E-state index in [1.54, 1.807) is 4.90 Å². The molecule has 0 bridgehead atoms. The Morgan fingerprint density at radius 3 is 0.761 bits per heavy atom. The quantitative estimate of drug-likeness (QED) is 0.129. The molecular formula is C60H33N7. The Hall–Kier alpha value is -9.20. The largest absolute Gasteiger partial charge is 0.243 e. The Kier molecular flexibility index (Phi) is 7.37. The Morgan fingerprint density at radius 1 is 0.209 bits per heavy atom. The minimum absolute atomic E-state index is 0.409. The molecule has 308 valence electrons. The zero-order valence-corrected chi connectivity index (χ0v) is 35.7. The van der Waals surface area contributed by atoms with E-state index in [0.717, 1.165) is 65.2 Å². The zero-order chi connectivity index (χ0) is 43.7. The molecule has 0 saturated carbocycles. The van der Waals surface area contributed by atoms with E-state index >= 15 is 0 Å². The van der Waals surface area contributed by atoms with Gasteiger partial charge in [-0.15, -0.1) is 0 Å². The van der Waals surface area contributed by atoms with Gasteiger partial charge in [-0.2, -0.15) is 30.0 Å². The monoisotopic (exact) mass is 851 g/mol. The van der Waals surface area contributed by atoms with Crippen molar-refractivity contribution < 1.29 is 0 Å². The van der Waals surface area contributed by atoms with E-state index < -0.39 is 0 Å². The van der Waals surface area contributed by atoms with Crippen LogP contribution in [0.25, 0.3) is 97.0 Å². The molecule has 12 aromatic carbocycles. The molecule has 3 heterocycles. The van der Waals surface area contributed by atoms with Gasteiger partial charge in [-0.05, 0) is 152 Å². The van der Waals surface area contributed by atoms with Crippen LogP contribution in [0, 0.1) is 0 Å². The highest BCUT2D eigenvalue weighted by Crippen LogP contribution is 2.38. The smallest absolute Gasteiger partial charge is 0.213 e. The third-order valence-electron chi connectivity index (χ3n) is 13.7. The van der Waals surface area contributed by atoms with Gasteiger partial charge in [0.05, 0.1) is 0 Å². The number of benzene rings is 12. The molecule has 0 aromatic heterocycles. The summed E-state index contributed by atoms with van der Waals surface area (Å²) in [6.45, 7) is 0. The van der Waals surface area contributed by atoms with Crippen molar-refractivity contribution in [2.45, 2.75) is 0 Å². The highest BCUT2D eigenvalue weighted by molar-refractivity contribution is 6.37. The molecule has 15 rings (SSSR count). The van der Waals surface area contributed by atoms with Crippen molar-refractivity contribution in [1.82, 2.24) is 4.90 Å². The average molecular weight is 852 g/mol. The minimum atomic E-state index is 0.409. The van der Waals surface area contributed by atoms with Gasteiger partial charge in [-0.1, -0.05) is 146 Å². The first-order valence-corrected chi connectivity index (χ1v) is 22.5. The van der Waals surface area contributed by atoms with Gasteiger partial charge < -0.3 is 0 Å². The number of hydrogen-bond donors (Lipinski definition) is 0. The topological polar surface area (TPSA) is 77.4 Å². The normalized spacial score (nSPS) is 14.8. The number of rotatable bonds is 3. The predicted molar refractivity (Wildman–Crippen MR) is 281 cm³/mol. The van der Waals surface area contributed by atoms with Gasteiger partial charge in [0, 0.05) is 16.7 Å². The maximum absolute atomic E-state index is 5.33. The minimum Gasteiger partial charge on any atom is -0.213 e. The molecule has 12 aromatic rings. The number of guanidine groups is 3. The van der Waals surface area contributed by atoms with Crippen LogP contribution in [0.4, 0.5) is 0 Å². The SMILES string of the molecule is c1ccc2cc3c(cc(C4=NC5=NC(c6cc7cc8ccccc8cc7c7ccccc67)=NC6=NC(c7cc8cc9ccccc9cc8c8ccccc78)=NC(=N4)N56)c4ccccc43)cc2c1. The van der Waals surface area contributed by atoms with Gasteiger partial charge in [0.25, 0.3) is 0 Å². The summed E-state index contributed by atoms with van der Waals surface area (Å²) in [6.07, 6.45) is 0. The van der Waals surface area contributed by atoms with Gasteiger partial charge >= 0.3 is 0 Å². The molecule has 0 saturated heterocycles. The molecule has 0 atom stereocenters. The molecule has 7 heteroatoms. The Bertz CT molecular complexity index is 4000. The van der Waals surface area contributed by atoms with Crippen molar-refractivity contribution >= 4 is 132 Å². The second kappa shape index (κ2) is 13.7. The van der Waals surface area contributed by atoms with Crippen molar-refractivity contribution in [2.24, 2.45) is 30.0 Å². The molecular weight excluding hydrogens is 819 g/mol. The highest BCUT2D eigenvalue weighted by atomic mass is 15.5. The van der Waals surface area contributed by atoms with Gasteiger partial charge in [0.15, 0.2) is 17.5 Å².